The van der Waals surface area contributed by atoms with Crippen LogP contribution >= 0.6 is 11.8 Å². The summed E-state index contributed by atoms with van der Waals surface area (Å²) >= 11 is 1.39. The van der Waals surface area contributed by atoms with Crippen LogP contribution in [0.2, 0.25) is 0 Å². The molecule has 1 fully saturated rings. The van der Waals surface area contributed by atoms with Crippen molar-refractivity contribution in [1.29, 1.82) is 0 Å². The second-order valence-corrected chi connectivity index (χ2v) is 8.28. The van der Waals surface area contributed by atoms with E-state index in [0.29, 0.717) is 24.2 Å². The first-order chi connectivity index (χ1) is 14.6. The molecule has 0 saturated carbocycles. The summed E-state index contributed by atoms with van der Waals surface area (Å²) in [5.41, 5.74) is 1.30. The third-order valence-electron chi connectivity index (χ3n) is 5.35. The molecule has 2 aliphatic rings. The highest BCUT2D eigenvalue weighted by Gasteiger charge is 2.47. The molecule has 1 aliphatic carbocycles. The predicted octanol–water partition coefficient (Wildman–Crippen LogP) is 3.88. The summed E-state index contributed by atoms with van der Waals surface area (Å²) in [7, 11) is 1.59. The van der Waals surface area contributed by atoms with E-state index in [-0.39, 0.29) is 35.3 Å². The molecule has 0 bridgehead atoms. The second kappa shape index (κ2) is 8.75. The summed E-state index contributed by atoms with van der Waals surface area (Å²) in [4.78, 5) is 39.7. The van der Waals surface area contributed by atoms with E-state index >= 15 is 0 Å². The fourth-order valence-corrected chi connectivity index (χ4v) is 4.46. The van der Waals surface area contributed by atoms with E-state index in [4.69, 9.17) is 4.74 Å². The van der Waals surface area contributed by atoms with Gasteiger partial charge in [-0.05, 0) is 61.4 Å². The number of carbonyl (C=O) groups is 3. The molecule has 154 valence electrons. The number of carbonyl (C=O) groups excluding carboxylic acids is 3. The fourth-order valence-electron chi connectivity index (χ4n) is 3.77. The Morgan fingerprint density at radius 2 is 1.60 bits per heavy atom. The van der Waals surface area contributed by atoms with Gasteiger partial charge in [0.2, 0.25) is 17.7 Å². The van der Waals surface area contributed by atoms with Crippen LogP contribution in [0, 0.1) is 11.8 Å². The molecule has 1 N–H and O–H groups in total. The zero-order valence-corrected chi connectivity index (χ0v) is 17.4. The van der Waals surface area contributed by atoms with E-state index in [0.717, 1.165) is 10.6 Å². The molecule has 7 heteroatoms. The van der Waals surface area contributed by atoms with Crippen LogP contribution in [0.1, 0.15) is 12.8 Å². The molecule has 0 spiro atoms. The number of fused-ring (bicyclic) bond motifs is 1. The van der Waals surface area contributed by atoms with Crippen LogP contribution in [-0.4, -0.2) is 30.6 Å². The molecule has 1 aliphatic heterocycles. The molecular formula is C23H22N2O4S. The standard InChI is InChI=1S/C23H22N2O4S/c1-29-17-10-6-15(7-11-17)24-21(26)14-30-18-12-8-16(9-13-18)25-22(27)19-4-2-3-5-20(19)23(25)28/h2-3,6-13,19-20H,4-5,14H2,1H3,(H,24,26)/t19-,20-/m1/s1. The van der Waals surface area contributed by atoms with Gasteiger partial charge in [0, 0.05) is 10.6 Å². The Morgan fingerprint density at radius 3 is 2.17 bits per heavy atom. The van der Waals surface area contributed by atoms with Gasteiger partial charge in [0.05, 0.1) is 30.4 Å². The number of ether oxygens (including phenoxy) is 1. The quantitative estimate of drug-likeness (QED) is 0.434. The van der Waals surface area contributed by atoms with Crippen molar-refractivity contribution in [2.24, 2.45) is 11.8 Å². The van der Waals surface area contributed by atoms with Gasteiger partial charge >= 0.3 is 0 Å². The van der Waals surface area contributed by atoms with Crippen LogP contribution in [0.3, 0.4) is 0 Å². The van der Waals surface area contributed by atoms with E-state index in [1.54, 1.807) is 43.5 Å². The Labute approximate surface area is 179 Å². The molecule has 6 nitrogen and oxygen atoms in total. The number of amides is 3. The zero-order chi connectivity index (χ0) is 21.1. The van der Waals surface area contributed by atoms with Crippen molar-refractivity contribution in [2.75, 3.05) is 23.1 Å². The summed E-state index contributed by atoms with van der Waals surface area (Å²) in [6.45, 7) is 0. The number of nitrogens with zero attached hydrogens (tertiary/aromatic N) is 1. The number of thioether (sulfide) groups is 1. The Bertz CT molecular complexity index is 959. The highest BCUT2D eigenvalue weighted by Crippen LogP contribution is 2.38. The fraction of sp³-hybridized carbons (Fsp3) is 0.261. The minimum atomic E-state index is -0.238. The van der Waals surface area contributed by atoms with E-state index < -0.39 is 0 Å². The van der Waals surface area contributed by atoms with Gasteiger partial charge in [-0.2, -0.15) is 0 Å². The number of methoxy groups -OCH3 is 1. The highest BCUT2D eigenvalue weighted by atomic mass is 32.2. The van der Waals surface area contributed by atoms with E-state index in [9.17, 15) is 14.4 Å². The van der Waals surface area contributed by atoms with E-state index in [1.165, 1.54) is 16.7 Å². The molecule has 30 heavy (non-hydrogen) atoms. The zero-order valence-electron chi connectivity index (χ0n) is 16.5. The second-order valence-electron chi connectivity index (χ2n) is 7.23. The molecule has 2 aromatic carbocycles. The van der Waals surface area contributed by atoms with E-state index in [2.05, 4.69) is 5.32 Å². The third kappa shape index (κ3) is 4.11. The Balaban J connectivity index is 1.34. The SMILES string of the molecule is COc1ccc(NC(=O)CSc2ccc(N3C(=O)[C@@H]4CC=CC[C@H]4C3=O)cc2)cc1. The number of allylic oxidation sites excluding steroid dienone is 2. The Morgan fingerprint density at radius 1 is 1.00 bits per heavy atom. The van der Waals surface area contributed by atoms with Crippen LogP contribution in [0.25, 0.3) is 0 Å². The number of anilines is 2. The lowest BCUT2D eigenvalue weighted by Crippen LogP contribution is -2.30. The number of imide groups is 1. The normalized spacial score (nSPS) is 20.2. The molecule has 1 heterocycles. The monoisotopic (exact) mass is 422 g/mol. The summed E-state index contributed by atoms with van der Waals surface area (Å²) in [6.07, 6.45) is 5.21. The average molecular weight is 423 g/mol. The van der Waals surface area contributed by atoms with Crippen LogP contribution < -0.4 is 15.0 Å². The van der Waals surface area contributed by atoms with Crippen molar-refractivity contribution in [2.45, 2.75) is 17.7 Å². The predicted molar refractivity (Wildman–Crippen MR) is 117 cm³/mol. The van der Waals surface area contributed by atoms with Crippen molar-refractivity contribution < 1.29 is 19.1 Å². The van der Waals surface area contributed by atoms with E-state index in [1.807, 2.05) is 24.3 Å². The topological polar surface area (TPSA) is 75.7 Å². The van der Waals surface area contributed by atoms with Gasteiger partial charge in [-0.15, -0.1) is 11.8 Å². The van der Waals surface area contributed by atoms with Crippen molar-refractivity contribution in [3.63, 3.8) is 0 Å². The van der Waals surface area contributed by atoms with Crippen molar-refractivity contribution >= 4 is 40.9 Å². The first-order valence-electron chi connectivity index (χ1n) is 9.76. The van der Waals surface area contributed by atoms with Gasteiger partial charge in [0.25, 0.3) is 0 Å². The number of hydrogen-bond donors (Lipinski definition) is 1. The minimum absolute atomic E-state index is 0.115. The minimum Gasteiger partial charge on any atom is -0.497 e. The highest BCUT2D eigenvalue weighted by molar-refractivity contribution is 8.00. The molecule has 2 atom stereocenters. The maximum absolute atomic E-state index is 12.7. The molecule has 1 saturated heterocycles. The smallest absolute Gasteiger partial charge is 0.238 e. The van der Waals surface area contributed by atoms with Crippen LogP contribution in [0.4, 0.5) is 11.4 Å². The number of rotatable bonds is 6. The largest absolute Gasteiger partial charge is 0.497 e. The molecular weight excluding hydrogens is 400 g/mol. The molecule has 0 unspecified atom stereocenters. The average Bonchev–Trinajstić information content (AvgIpc) is 3.04. The van der Waals surface area contributed by atoms with Gasteiger partial charge in [-0.3, -0.25) is 19.3 Å². The summed E-state index contributed by atoms with van der Waals surface area (Å²) in [5, 5.41) is 2.84. The molecule has 0 radical (unpaired) electrons. The van der Waals surface area contributed by atoms with Crippen molar-refractivity contribution in [3.05, 3.63) is 60.7 Å². The van der Waals surface area contributed by atoms with Crippen LogP contribution in [0.15, 0.2) is 65.6 Å². The number of benzene rings is 2. The first-order valence-corrected chi connectivity index (χ1v) is 10.7. The summed E-state index contributed by atoms with van der Waals surface area (Å²) < 4.78 is 5.10. The van der Waals surface area contributed by atoms with Gasteiger partial charge in [-0.1, -0.05) is 12.2 Å². The maximum Gasteiger partial charge on any atom is 0.238 e. The third-order valence-corrected chi connectivity index (χ3v) is 6.36. The number of nitrogens with one attached hydrogen (secondary N) is 1. The Kier molecular flexibility index (Phi) is 5.90. The Hall–Kier alpha value is -3.06. The van der Waals surface area contributed by atoms with Crippen molar-refractivity contribution in [1.82, 2.24) is 0 Å². The number of hydrogen-bond acceptors (Lipinski definition) is 5. The molecule has 4 rings (SSSR count). The van der Waals surface area contributed by atoms with Gasteiger partial charge in [0.1, 0.15) is 5.75 Å². The van der Waals surface area contributed by atoms with Crippen molar-refractivity contribution in [3.8, 4) is 5.75 Å². The van der Waals surface area contributed by atoms with Crippen LogP contribution in [0.5, 0.6) is 5.75 Å². The lowest BCUT2D eigenvalue weighted by atomic mass is 9.85. The lowest BCUT2D eigenvalue weighted by molar-refractivity contribution is -0.122. The van der Waals surface area contributed by atoms with Gasteiger partial charge < -0.3 is 10.1 Å². The molecule has 3 amide bonds. The summed E-state index contributed by atoms with van der Waals surface area (Å²) in [6, 6.07) is 14.3. The molecule has 0 aromatic heterocycles. The summed E-state index contributed by atoms with van der Waals surface area (Å²) in [5.74, 6) is 0.158. The van der Waals surface area contributed by atoms with Gasteiger partial charge in [0.15, 0.2) is 0 Å². The maximum atomic E-state index is 12.7. The van der Waals surface area contributed by atoms with Gasteiger partial charge in [-0.25, -0.2) is 0 Å². The van der Waals surface area contributed by atoms with Crippen LogP contribution in [-0.2, 0) is 14.4 Å². The molecule has 2 aromatic rings. The lowest BCUT2D eigenvalue weighted by Gasteiger charge is -2.15. The first kappa shape index (κ1) is 20.2.